The van der Waals surface area contributed by atoms with Gasteiger partial charge in [0.05, 0.1) is 12.1 Å². The highest BCUT2D eigenvalue weighted by molar-refractivity contribution is 7.09. The molecule has 0 spiro atoms. The number of rotatable bonds is 6. The largest absolute Gasteiger partial charge is 0.486 e. The number of amides is 1. The molecule has 0 aliphatic carbocycles. The van der Waals surface area contributed by atoms with E-state index in [4.69, 9.17) is 22.1 Å². The Morgan fingerprint density at radius 3 is 2.92 bits per heavy atom. The van der Waals surface area contributed by atoms with E-state index in [9.17, 15) is 4.79 Å². The van der Waals surface area contributed by atoms with Gasteiger partial charge in [0.1, 0.15) is 17.4 Å². The molecule has 0 bridgehead atoms. The maximum atomic E-state index is 12.7. The molecule has 26 heavy (non-hydrogen) atoms. The molecular weight excluding hydrogens is 370 g/mol. The number of piperidine rings is 1. The molecule has 3 rings (SSSR count). The third kappa shape index (κ3) is 4.96. The fraction of sp³-hybridized carbons (Fsp3) is 0.474. The molecule has 5 nitrogen and oxygen atoms in total. The molecule has 1 saturated heterocycles. The van der Waals surface area contributed by atoms with Crippen LogP contribution in [0.3, 0.4) is 0 Å². The van der Waals surface area contributed by atoms with Crippen molar-refractivity contribution in [3.05, 3.63) is 45.4 Å². The van der Waals surface area contributed by atoms with E-state index >= 15 is 0 Å². The number of halogens is 1. The fourth-order valence-corrected chi connectivity index (χ4v) is 4.07. The van der Waals surface area contributed by atoms with Gasteiger partial charge in [-0.15, -0.1) is 11.3 Å². The lowest BCUT2D eigenvalue weighted by Crippen LogP contribution is -2.52. The summed E-state index contributed by atoms with van der Waals surface area (Å²) in [6.07, 6.45) is 3.49. The highest BCUT2D eigenvalue weighted by Gasteiger charge is 2.29. The van der Waals surface area contributed by atoms with Crippen LogP contribution in [0.2, 0.25) is 5.02 Å². The van der Waals surface area contributed by atoms with Gasteiger partial charge in [0.2, 0.25) is 5.91 Å². The minimum absolute atomic E-state index is 0.00183. The van der Waals surface area contributed by atoms with Gasteiger partial charge >= 0.3 is 0 Å². The first kappa shape index (κ1) is 19.1. The second-order valence-electron chi connectivity index (χ2n) is 6.66. The molecule has 1 fully saturated rings. The number of carbonyl (C=O) groups excluding carboxylic acids is 1. The first-order valence-corrected chi connectivity index (χ1v) is 10.2. The van der Waals surface area contributed by atoms with Crippen molar-refractivity contribution in [3.63, 3.8) is 0 Å². The van der Waals surface area contributed by atoms with Crippen LogP contribution >= 0.6 is 22.9 Å². The first-order chi connectivity index (χ1) is 12.5. The molecule has 1 aromatic carbocycles. The van der Waals surface area contributed by atoms with E-state index in [1.165, 1.54) is 11.3 Å². The topological polar surface area (TPSA) is 68.5 Å². The van der Waals surface area contributed by atoms with Gasteiger partial charge < -0.3 is 15.4 Å². The quantitative estimate of drug-likeness (QED) is 0.813. The van der Waals surface area contributed by atoms with Gasteiger partial charge in [-0.05, 0) is 50.5 Å². The molecule has 1 amide bonds. The van der Waals surface area contributed by atoms with Crippen LogP contribution in [-0.2, 0) is 17.8 Å². The van der Waals surface area contributed by atoms with Crippen LogP contribution in [-0.4, -0.2) is 34.4 Å². The first-order valence-electron chi connectivity index (χ1n) is 8.89. The summed E-state index contributed by atoms with van der Waals surface area (Å²) in [6.45, 7) is 3.15. The molecule has 140 valence electrons. The van der Waals surface area contributed by atoms with E-state index in [1.807, 2.05) is 29.3 Å². The van der Waals surface area contributed by atoms with Crippen molar-refractivity contribution in [2.24, 2.45) is 5.73 Å². The smallest absolute Gasteiger partial charge is 0.228 e. The zero-order valence-electron chi connectivity index (χ0n) is 14.9. The van der Waals surface area contributed by atoms with Crippen LogP contribution in [0.25, 0.3) is 0 Å². The average molecular weight is 394 g/mol. The van der Waals surface area contributed by atoms with Gasteiger partial charge in [0.15, 0.2) is 0 Å². The SMILES string of the molecule is CC(N)C1CCCCN1C(=O)Cc1csc(COc2ccc(Cl)cc2)n1. The van der Waals surface area contributed by atoms with Crippen molar-refractivity contribution >= 4 is 28.8 Å². The van der Waals surface area contributed by atoms with Crippen LogP contribution < -0.4 is 10.5 Å². The van der Waals surface area contributed by atoms with E-state index in [2.05, 4.69) is 4.98 Å². The molecule has 0 saturated carbocycles. The number of benzene rings is 1. The van der Waals surface area contributed by atoms with Crippen molar-refractivity contribution in [2.75, 3.05) is 6.54 Å². The molecule has 1 aromatic heterocycles. The van der Waals surface area contributed by atoms with Crippen molar-refractivity contribution in [3.8, 4) is 5.75 Å². The van der Waals surface area contributed by atoms with Crippen LogP contribution in [0, 0.1) is 0 Å². The molecule has 7 heteroatoms. The zero-order valence-corrected chi connectivity index (χ0v) is 16.4. The third-order valence-electron chi connectivity index (χ3n) is 4.58. The van der Waals surface area contributed by atoms with E-state index in [-0.39, 0.29) is 18.0 Å². The summed E-state index contributed by atoms with van der Waals surface area (Å²) in [7, 11) is 0. The number of carbonyl (C=O) groups is 1. The van der Waals surface area contributed by atoms with Crippen LogP contribution in [0.4, 0.5) is 0 Å². The Balaban J connectivity index is 1.55. The molecule has 2 N–H and O–H groups in total. The molecule has 2 unspecified atom stereocenters. The van der Waals surface area contributed by atoms with Crippen LogP contribution in [0.5, 0.6) is 5.75 Å². The lowest BCUT2D eigenvalue weighted by atomic mass is 9.96. The number of nitrogens with two attached hydrogens (primary N) is 1. The highest BCUT2D eigenvalue weighted by atomic mass is 35.5. The van der Waals surface area contributed by atoms with E-state index < -0.39 is 0 Å². The Labute approximate surface area is 163 Å². The molecule has 2 heterocycles. The second-order valence-corrected chi connectivity index (χ2v) is 8.04. The predicted octanol–water partition coefficient (Wildman–Crippen LogP) is 3.65. The Morgan fingerprint density at radius 1 is 1.42 bits per heavy atom. The monoisotopic (exact) mass is 393 g/mol. The molecule has 2 aromatic rings. The van der Waals surface area contributed by atoms with Crippen molar-refractivity contribution in [1.29, 1.82) is 0 Å². The highest BCUT2D eigenvalue weighted by Crippen LogP contribution is 2.22. The number of ether oxygens (including phenoxy) is 1. The summed E-state index contributed by atoms with van der Waals surface area (Å²) >= 11 is 7.37. The lowest BCUT2D eigenvalue weighted by molar-refractivity contribution is -0.134. The predicted molar refractivity (Wildman–Crippen MR) is 105 cm³/mol. The molecular formula is C19H24ClN3O2S. The Morgan fingerprint density at radius 2 is 2.19 bits per heavy atom. The normalized spacial score (nSPS) is 18.6. The average Bonchev–Trinajstić information content (AvgIpc) is 3.08. The maximum absolute atomic E-state index is 12.7. The Kier molecular flexibility index (Phi) is 6.51. The molecule has 1 aliphatic rings. The number of aromatic nitrogens is 1. The molecule has 0 radical (unpaired) electrons. The van der Waals surface area contributed by atoms with Crippen molar-refractivity contribution in [1.82, 2.24) is 9.88 Å². The zero-order chi connectivity index (χ0) is 18.5. The number of nitrogens with zero attached hydrogens (tertiary/aromatic N) is 2. The fourth-order valence-electron chi connectivity index (χ4n) is 3.24. The van der Waals surface area contributed by atoms with Gasteiger partial charge in [-0.25, -0.2) is 4.98 Å². The molecule has 1 aliphatic heterocycles. The summed E-state index contributed by atoms with van der Waals surface area (Å²) in [5.41, 5.74) is 6.86. The van der Waals surface area contributed by atoms with Crippen LogP contribution in [0.1, 0.15) is 36.9 Å². The number of thiazole rings is 1. The standard InChI is InChI=1S/C19H24ClN3O2S/c1-13(21)17-4-2-3-9-23(17)19(24)10-15-12-26-18(22-15)11-25-16-7-5-14(20)6-8-16/h5-8,12-13,17H,2-4,9-11,21H2,1H3. The number of hydrogen-bond acceptors (Lipinski definition) is 5. The van der Waals surface area contributed by atoms with Gasteiger partial charge in [0.25, 0.3) is 0 Å². The summed E-state index contributed by atoms with van der Waals surface area (Å²) in [4.78, 5) is 19.2. The maximum Gasteiger partial charge on any atom is 0.228 e. The van der Waals surface area contributed by atoms with Crippen LogP contribution in [0.15, 0.2) is 29.6 Å². The lowest BCUT2D eigenvalue weighted by Gasteiger charge is -2.38. The minimum Gasteiger partial charge on any atom is -0.486 e. The van der Waals surface area contributed by atoms with E-state index in [1.54, 1.807) is 12.1 Å². The summed E-state index contributed by atoms with van der Waals surface area (Å²) < 4.78 is 5.71. The van der Waals surface area contributed by atoms with Gasteiger partial charge in [-0.2, -0.15) is 0 Å². The summed E-state index contributed by atoms with van der Waals surface area (Å²) in [5, 5.41) is 3.46. The minimum atomic E-state index is -0.00183. The number of hydrogen-bond donors (Lipinski definition) is 1. The Hall–Kier alpha value is -1.63. The molecule has 2 atom stereocenters. The summed E-state index contributed by atoms with van der Waals surface area (Å²) in [6, 6.07) is 7.36. The van der Waals surface area contributed by atoms with Gasteiger partial charge in [-0.1, -0.05) is 11.6 Å². The Bertz CT molecular complexity index is 733. The van der Waals surface area contributed by atoms with Gasteiger partial charge in [-0.3, -0.25) is 4.79 Å². The van der Waals surface area contributed by atoms with Crippen molar-refractivity contribution in [2.45, 2.75) is 51.3 Å². The third-order valence-corrected chi connectivity index (χ3v) is 5.71. The van der Waals surface area contributed by atoms with E-state index in [0.29, 0.717) is 18.1 Å². The number of likely N-dealkylation sites (tertiary alicyclic amines) is 1. The van der Waals surface area contributed by atoms with Gasteiger partial charge in [0, 0.05) is 29.0 Å². The van der Waals surface area contributed by atoms with Crippen molar-refractivity contribution < 1.29 is 9.53 Å². The van der Waals surface area contributed by atoms with E-state index in [0.717, 1.165) is 42.3 Å². The summed E-state index contributed by atoms with van der Waals surface area (Å²) in [5.74, 6) is 0.859. The second kappa shape index (κ2) is 8.84.